The third-order valence-corrected chi connectivity index (χ3v) is 7.33. The number of aromatic nitrogens is 4. The molecule has 3 rings (SSSR count). The Hall–Kier alpha value is -2.15. The molecule has 2 heterocycles. The highest BCUT2D eigenvalue weighted by Gasteiger charge is 2.21. The Morgan fingerprint density at radius 3 is 2.69 bits per heavy atom. The second kappa shape index (κ2) is 9.11. The van der Waals surface area contributed by atoms with Gasteiger partial charge in [-0.15, -0.1) is 10.2 Å². The third kappa shape index (κ3) is 5.47. The van der Waals surface area contributed by atoms with Gasteiger partial charge < -0.3 is 0 Å². The summed E-state index contributed by atoms with van der Waals surface area (Å²) >= 11 is 8.44. The third-order valence-electron chi connectivity index (χ3n) is 3.50. The molecule has 29 heavy (non-hydrogen) atoms. The average Bonchev–Trinajstić information content (AvgIpc) is 3.15. The Morgan fingerprint density at radius 1 is 1.28 bits per heavy atom. The van der Waals surface area contributed by atoms with E-state index in [1.165, 1.54) is 30.8 Å². The van der Waals surface area contributed by atoms with Crippen molar-refractivity contribution in [1.82, 2.24) is 20.2 Å². The maximum atomic E-state index is 12.9. The number of thioether (sulfide) groups is 1. The molecule has 3 aromatic rings. The van der Waals surface area contributed by atoms with Gasteiger partial charge in [0.2, 0.25) is 20.1 Å². The van der Waals surface area contributed by atoms with E-state index in [0.29, 0.717) is 10.1 Å². The van der Waals surface area contributed by atoms with E-state index < -0.39 is 20.9 Å². The summed E-state index contributed by atoms with van der Waals surface area (Å²) in [5.41, 5.74) is 0.638. The molecule has 0 aliphatic carbocycles. The Bertz CT molecular complexity index is 1140. The first-order chi connectivity index (χ1) is 13.8. The monoisotopic (exact) mass is 473 g/mol. The Balaban J connectivity index is 1.68. The largest absolute Gasteiger partial charge is 0.295 e. The second-order valence-corrected chi connectivity index (χ2v) is 10.3. The van der Waals surface area contributed by atoms with Crippen LogP contribution >= 0.6 is 34.7 Å². The van der Waals surface area contributed by atoms with Gasteiger partial charge >= 0.3 is 0 Å². The zero-order valence-corrected chi connectivity index (χ0v) is 18.0. The number of anilines is 1. The van der Waals surface area contributed by atoms with Crippen LogP contribution in [0.25, 0.3) is 0 Å². The van der Waals surface area contributed by atoms with Crippen molar-refractivity contribution < 1.29 is 17.6 Å². The van der Waals surface area contributed by atoms with E-state index in [0.717, 1.165) is 23.1 Å². The molecule has 1 N–H and O–H groups in total. The lowest BCUT2D eigenvalue weighted by Crippen LogP contribution is -2.18. The normalized spacial score (nSPS) is 11.4. The van der Waals surface area contributed by atoms with Crippen LogP contribution in [0.4, 0.5) is 9.52 Å². The molecule has 1 aromatic carbocycles. The van der Waals surface area contributed by atoms with Gasteiger partial charge in [0.15, 0.2) is 10.0 Å². The fourth-order valence-corrected chi connectivity index (χ4v) is 4.57. The molecule has 2 aromatic heterocycles. The number of sulfone groups is 1. The first-order valence-corrected chi connectivity index (χ1v) is 11.9. The molecule has 0 saturated carbocycles. The second-order valence-electron chi connectivity index (χ2n) is 5.49. The van der Waals surface area contributed by atoms with Crippen LogP contribution in [-0.2, 0) is 15.6 Å². The van der Waals surface area contributed by atoms with Crippen molar-refractivity contribution in [2.24, 2.45) is 0 Å². The minimum atomic E-state index is -3.69. The smallest absolute Gasteiger partial charge is 0.277 e. The zero-order chi connectivity index (χ0) is 21.0. The summed E-state index contributed by atoms with van der Waals surface area (Å²) in [5, 5.41) is 9.98. The van der Waals surface area contributed by atoms with Crippen LogP contribution in [0.1, 0.15) is 23.0 Å². The Kier molecular flexibility index (Phi) is 6.77. The zero-order valence-electron chi connectivity index (χ0n) is 14.8. The minimum Gasteiger partial charge on any atom is -0.295 e. The molecule has 0 unspecified atom stereocenters. The number of amides is 1. The number of halogens is 2. The van der Waals surface area contributed by atoms with E-state index in [2.05, 4.69) is 25.5 Å². The fourth-order valence-electron chi connectivity index (χ4n) is 1.99. The van der Waals surface area contributed by atoms with Gasteiger partial charge in [-0.1, -0.05) is 53.8 Å². The van der Waals surface area contributed by atoms with Crippen LogP contribution < -0.4 is 5.32 Å². The van der Waals surface area contributed by atoms with Crippen molar-refractivity contribution in [3.8, 4) is 0 Å². The maximum absolute atomic E-state index is 12.9. The van der Waals surface area contributed by atoms with Gasteiger partial charge in [0.05, 0.1) is 17.0 Å². The van der Waals surface area contributed by atoms with Crippen LogP contribution in [-0.4, -0.2) is 40.2 Å². The molecule has 0 aliphatic heterocycles. The molecule has 152 valence electrons. The molecule has 0 spiro atoms. The van der Waals surface area contributed by atoms with Gasteiger partial charge in [-0.25, -0.2) is 22.8 Å². The number of nitrogens with zero attached hydrogens (tertiary/aromatic N) is 4. The lowest BCUT2D eigenvalue weighted by Gasteiger charge is -2.05. The topological polar surface area (TPSA) is 115 Å². The highest BCUT2D eigenvalue weighted by atomic mass is 35.5. The van der Waals surface area contributed by atoms with E-state index in [1.54, 1.807) is 12.1 Å². The van der Waals surface area contributed by atoms with E-state index in [4.69, 9.17) is 11.6 Å². The summed E-state index contributed by atoms with van der Waals surface area (Å²) < 4.78 is 37.4. The summed E-state index contributed by atoms with van der Waals surface area (Å²) in [6, 6.07) is 6.09. The van der Waals surface area contributed by atoms with E-state index >= 15 is 0 Å². The summed E-state index contributed by atoms with van der Waals surface area (Å²) in [5.74, 6) is -0.686. The number of carbonyl (C=O) groups excluding carboxylic acids is 1. The maximum Gasteiger partial charge on any atom is 0.277 e. The number of nitrogens with one attached hydrogen (secondary N) is 1. The van der Waals surface area contributed by atoms with Gasteiger partial charge in [0.25, 0.3) is 5.91 Å². The molecular formula is C16H13ClFN5O3S3. The number of benzene rings is 1. The van der Waals surface area contributed by atoms with Crippen molar-refractivity contribution in [2.75, 3.05) is 11.1 Å². The first kappa shape index (κ1) is 21.6. The molecule has 0 aliphatic rings. The summed E-state index contributed by atoms with van der Waals surface area (Å²) in [6.07, 6.45) is 1.07. The minimum absolute atomic E-state index is 0.0898. The van der Waals surface area contributed by atoms with Crippen molar-refractivity contribution in [2.45, 2.75) is 22.2 Å². The van der Waals surface area contributed by atoms with E-state index in [1.807, 2.05) is 0 Å². The van der Waals surface area contributed by atoms with Crippen molar-refractivity contribution >= 4 is 55.6 Å². The quantitative estimate of drug-likeness (QED) is 0.315. The van der Waals surface area contributed by atoms with Crippen molar-refractivity contribution in [1.29, 1.82) is 0 Å². The van der Waals surface area contributed by atoms with Gasteiger partial charge in [-0.05, 0) is 17.7 Å². The van der Waals surface area contributed by atoms with Crippen LogP contribution in [0.5, 0.6) is 0 Å². The molecule has 0 bridgehead atoms. The van der Waals surface area contributed by atoms with Gasteiger partial charge in [-0.3, -0.25) is 10.1 Å². The molecule has 0 radical (unpaired) electrons. The van der Waals surface area contributed by atoms with E-state index in [-0.39, 0.29) is 27.4 Å². The van der Waals surface area contributed by atoms with Crippen molar-refractivity contribution in [3.63, 3.8) is 0 Å². The Labute approximate surface area is 178 Å². The predicted octanol–water partition coefficient (Wildman–Crippen LogP) is 3.46. The standard InChI is InChI=1S/C16H13ClFN5O3S3/c1-2-29(25,26)15-19-7-11(17)12(20-15)13(24)21-14-22-23-16(28-14)27-8-9-3-5-10(18)6-4-9/h3-7H,2,8H2,1H3,(H,21,22,24). The average molecular weight is 474 g/mol. The molecule has 0 atom stereocenters. The van der Waals surface area contributed by atoms with Gasteiger partial charge in [0, 0.05) is 5.75 Å². The van der Waals surface area contributed by atoms with Gasteiger partial charge in [0.1, 0.15) is 5.82 Å². The van der Waals surface area contributed by atoms with Crippen LogP contribution in [0.3, 0.4) is 0 Å². The van der Waals surface area contributed by atoms with Crippen molar-refractivity contribution in [3.05, 3.63) is 52.6 Å². The first-order valence-electron chi connectivity index (χ1n) is 8.06. The summed E-state index contributed by atoms with van der Waals surface area (Å²) in [6.45, 7) is 1.44. The number of hydrogen-bond acceptors (Lipinski definition) is 9. The highest BCUT2D eigenvalue weighted by Crippen LogP contribution is 2.29. The molecular weight excluding hydrogens is 461 g/mol. The number of carbonyl (C=O) groups is 1. The Morgan fingerprint density at radius 2 is 2.00 bits per heavy atom. The number of rotatable bonds is 7. The predicted molar refractivity (Wildman–Crippen MR) is 109 cm³/mol. The van der Waals surface area contributed by atoms with Gasteiger partial charge in [-0.2, -0.15) is 0 Å². The van der Waals surface area contributed by atoms with Crippen LogP contribution in [0.2, 0.25) is 5.02 Å². The lowest BCUT2D eigenvalue weighted by atomic mass is 10.2. The lowest BCUT2D eigenvalue weighted by molar-refractivity contribution is 0.102. The highest BCUT2D eigenvalue weighted by molar-refractivity contribution is 8.00. The summed E-state index contributed by atoms with van der Waals surface area (Å²) in [4.78, 5) is 19.9. The fraction of sp³-hybridized carbons (Fsp3) is 0.188. The molecule has 0 fully saturated rings. The molecule has 0 saturated heterocycles. The SMILES string of the molecule is CCS(=O)(=O)c1ncc(Cl)c(C(=O)Nc2nnc(SCc3ccc(F)cc3)s2)n1. The molecule has 1 amide bonds. The molecule has 13 heteroatoms. The van der Waals surface area contributed by atoms with Crippen LogP contribution in [0, 0.1) is 5.82 Å². The van der Waals surface area contributed by atoms with E-state index in [9.17, 15) is 17.6 Å². The summed E-state index contributed by atoms with van der Waals surface area (Å²) in [7, 11) is -3.69. The number of hydrogen-bond donors (Lipinski definition) is 1. The molecule has 8 nitrogen and oxygen atoms in total. The van der Waals surface area contributed by atoms with Crippen LogP contribution in [0.15, 0.2) is 40.0 Å².